The van der Waals surface area contributed by atoms with Crippen LogP contribution < -0.4 is 10.2 Å². The molecule has 0 atom stereocenters. The molecular weight excluding hydrogens is 278 g/mol. The zero-order valence-electron chi connectivity index (χ0n) is 10.8. The molecule has 0 fully saturated rings. The number of rotatable bonds is 4. The first-order chi connectivity index (χ1) is 9.11. The summed E-state index contributed by atoms with van der Waals surface area (Å²) in [6, 6.07) is 11.8. The van der Waals surface area contributed by atoms with Gasteiger partial charge in [0.05, 0.1) is 16.4 Å². The lowest BCUT2D eigenvalue weighted by Gasteiger charge is -2.19. The van der Waals surface area contributed by atoms with Gasteiger partial charge in [0.25, 0.3) is 0 Å². The van der Waals surface area contributed by atoms with Crippen molar-refractivity contribution >= 4 is 34.3 Å². The minimum Gasteiger partial charge on any atom is -0.378 e. The van der Waals surface area contributed by atoms with E-state index in [0.717, 1.165) is 26.2 Å². The second-order valence-corrected chi connectivity index (χ2v) is 5.84. The summed E-state index contributed by atoms with van der Waals surface area (Å²) < 4.78 is 0. The molecule has 0 saturated carbocycles. The molecule has 2 rings (SSSR count). The highest BCUT2D eigenvalue weighted by molar-refractivity contribution is 7.12. The van der Waals surface area contributed by atoms with Gasteiger partial charge in [0.15, 0.2) is 0 Å². The quantitative estimate of drug-likeness (QED) is 0.927. The van der Waals surface area contributed by atoms with Gasteiger partial charge < -0.3 is 10.2 Å². The predicted octanol–water partition coefficient (Wildman–Crippen LogP) is 3.95. The lowest BCUT2D eigenvalue weighted by atomic mass is 10.2. The molecule has 0 aliphatic carbocycles. The maximum atomic E-state index is 8.81. The zero-order chi connectivity index (χ0) is 13.8. The standard InChI is InChI=1S/C14H14ClN3S/c1-18(2)14-12(15)4-3-5-13(14)17-9-11-7-6-10(8-16)19-11/h3-7,17H,9H2,1-2H3. The molecular formula is C14H14ClN3S. The fourth-order valence-electron chi connectivity index (χ4n) is 1.83. The van der Waals surface area contributed by atoms with Crippen LogP contribution in [0.5, 0.6) is 0 Å². The van der Waals surface area contributed by atoms with Gasteiger partial charge in [-0.2, -0.15) is 5.26 Å². The van der Waals surface area contributed by atoms with Crippen LogP contribution in [0, 0.1) is 11.3 Å². The Morgan fingerprint density at radius 3 is 2.74 bits per heavy atom. The van der Waals surface area contributed by atoms with Gasteiger partial charge >= 0.3 is 0 Å². The largest absolute Gasteiger partial charge is 0.378 e. The van der Waals surface area contributed by atoms with Crippen molar-refractivity contribution in [3.05, 3.63) is 45.1 Å². The van der Waals surface area contributed by atoms with Crippen molar-refractivity contribution in [2.45, 2.75) is 6.54 Å². The van der Waals surface area contributed by atoms with E-state index in [9.17, 15) is 0 Å². The lowest BCUT2D eigenvalue weighted by molar-refractivity contribution is 1.11. The summed E-state index contributed by atoms with van der Waals surface area (Å²) in [7, 11) is 3.93. The first-order valence-electron chi connectivity index (χ1n) is 5.80. The van der Waals surface area contributed by atoms with Gasteiger partial charge in [0.1, 0.15) is 10.9 Å². The van der Waals surface area contributed by atoms with Crippen molar-refractivity contribution in [1.82, 2.24) is 0 Å². The van der Waals surface area contributed by atoms with E-state index in [1.165, 1.54) is 11.3 Å². The van der Waals surface area contributed by atoms with E-state index in [1.54, 1.807) is 0 Å². The smallest absolute Gasteiger partial charge is 0.110 e. The summed E-state index contributed by atoms with van der Waals surface area (Å²) in [5.41, 5.74) is 1.96. The molecule has 2 aromatic rings. The van der Waals surface area contributed by atoms with Crippen LogP contribution in [-0.2, 0) is 6.54 Å². The van der Waals surface area contributed by atoms with Gasteiger partial charge in [0.2, 0.25) is 0 Å². The Balaban J connectivity index is 2.16. The summed E-state index contributed by atoms with van der Waals surface area (Å²) in [4.78, 5) is 3.84. The molecule has 0 amide bonds. The summed E-state index contributed by atoms with van der Waals surface area (Å²) >= 11 is 7.71. The van der Waals surface area contributed by atoms with Crippen molar-refractivity contribution in [3.63, 3.8) is 0 Å². The van der Waals surface area contributed by atoms with Crippen LogP contribution >= 0.6 is 22.9 Å². The first-order valence-corrected chi connectivity index (χ1v) is 7.00. The van der Waals surface area contributed by atoms with Crippen molar-refractivity contribution in [1.29, 1.82) is 5.26 Å². The molecule has 1 aromatic heterocycles. The topological polar surface area (TPSA) is 39.1 Å². The van der Waals surface area contributed by atoms with E-state index < -0.39 is 0 Å². The second-order valence-electron chi connectivity index (χ2n) is 4.26. The molecule has 1 heterocycles. The molecule has 0 spiro atoms. The molecule has 5 heteroatoms. The highest BCUT2D eigenvalue weighted by Crippen LogP contribution is 2.33. The molecule has 19 heavy (non-hydrogen) atoms. The maximum absolute atomic E-state index is 8.81. The molecule has 0 saturated heterocycles. The molecule has 0 bridgehead atoms. The summed E-state index contributed by atoms with van der Waals surface area (Å²) in [6.07, 6.45) is 0. The Morgan fingerprint density at radius 2 is 2.11 bits per heavy atom. The molecule has 1 N–H and O–H groups in total. The minimum absolute atomic E-state index is 0.688. The van der Waals surface area contributed by atoms with E-state index in [2.05, 4.69) is 11.4 Å². The van der Waals surface area contributed by atoms with Gasteiger partial charge in [0, 0.05) is 25.5 Å². The van der Waals surface area contributed by atoms with Crippen LogP contribution in [0.1, 0.15) is 9.75 Å². The number of hydrogen-bond donors (Lipinski definition) is 1. The normalized spacial score (nSPS) is 10.0. The highest BCUT2D eigenvalue weighted by atomic mass is 35.5. The van der Waals surface area contributed by atoms with Crippen LogP contribution in [0.15, 0.2) is 30.3 Å². The van der Waals surface area contributed by atoms with E-state index in [4.69, 9.17) is 16.9 Å². The Labute approximate surface area is 122 Å². The van der Waals surface area contributed by atoms with E-state index >= 15 is 0 Å². The average molecular weight is 292 g/mol. The van der Waals surface area contributed by atoms with Crippen molar-refractivity contribution in [2.75, 3.05) is 24.3 Å². The number of thiophene rings is 1. The summed E-state index contributed by atoms with van der Waals surface area (Å²) in [6.45, 7) is 0.688. The molecule has 1 aromatic carbocycles. The zero-order valence-corrected chi connectivity index (χ0v) is 12.3. The predicted molar refractivity (Wildman–Crippen MR) is 82.1 cm³/mol. The molecule has 0 aliphatic rings. The van der Waals surface area contributed by atoms with Crippen LogP contribution in [0.25, 0.3) is 0 Å². The third-order valence-corrected chi connectivity index (χ3v) is 3.95. The fourth-order valence-corrected chi connectivity index (χ4v) is 2.92. The van der Waals surface area contributed by atoms with E-state index in [0.29, 0.717) is 6.54 Å². The minimum atomic E-state index is 0.688. The van der Waals surface area contributed by atoms with Crippen LogP contribution in [0.2, 0.25) is 5.02 Å². The Morgan fingerprint density at radius 1 is 1.32 bits per heavy atom. The monoisotopic (exact) mass is 291 g/mol. The van der Waals surface area contributed by atoms with Gasteiger partial charge in [-0.3, -0.25) is 0 Å². The third kappa shape index (κ3) is 3.19. The van der Waals surface area contributed by atoms with Crippen molar-refractivity contribution in [2.24, 2.45) is 0 Å². The van der Waals surface area contributed by atoms with Gasteiger partial charge in [-0.25, -0.2) is 0 Å². The molecule has 0 aliphatic heterocycles. The number of halogens is 1. The number of benzene rings is 1. The van der Waals surface area contributed by atoms with Crippen molar-refractivity contribution in [3.8, 4) is 6.07 Å². The Bertz CT molecular complexity index is 613. The van der Waals surface area contributed by atoms with Crippen LogP contribution in [0.3, 0.4) is 0 Å². The lowest BCUT2D eigenvalue weighted by Crippen LogP contribution is -2.12. The van der Waals surface area contributed by atoms with Gasteiger partial charge in [-0.15, -0.1) is 11.3 Å². The highest BCUT2D eigenvalue weighted by Gasteiger charge is 2.09. The third-order valence-electron chi connectivity index (χ3n) is 2.66. The van der Waals surface area contributed by atoms with Crippen LogP contribution in [0.4, 0.5) is 11.4 Å². The van der Waals surface area contributed by atoms with Crippen LogP contribution in [-0.4, -0.2) is 14.1 Å². The fraction of sp³-hybridized carbons (Fsp3) is 0.214. The SMILES string of the molecule is CN(C)c1c(Cl)cccc1NCc1ccc(C#N)s1. The number of nitriles is 1. The second kappa shape index (κ2) is 5.96. The average Bonchev–Trinajstić information content (AvgIpc) is 2.83. The molecule has 0 radical (unpaired) electrons. The summed E-state index contributed by atoms with van der Waals surface area (Å²) in [5.74, 6) is 0. The van der Waals surface area contributed by atoms with Gasteiger partial charge in [-0.05, 0) is 24.3 Å². The number of anilines is 2. The van der Waals surface area contributed by atoms with E-state index in [-0.39, 0.29) is 0 Å². The van der Waals surface area contributed by atoms with E-state index in [1.807, 2.05) is 49.3 Å². The first kappa shape index (κ1) is 13.7. The van der Waals surface area contributed by atoms with Gasteiger partial charge in [-0.1, -0.05) is 17.7 Å². The molecule has 98 valence electrons. The maximum Gasteiger partial charge on any atom is 0.110 e. The number of nitrogens with zero attached hydrogens (tertiary/aromatic N) is 2. The van der Waals surface area contributed by atoms with Crippen molar-refractivity contribution < 1.29 is 0 Å². The number of nitrogens with one attached hydrogen (secondary N) is 1. The number of hydrogen-bond acceptors (Lipinski definition) is 4. The Kier molecular flexibility index (Phi) is 4.31. The molecule has 3 nitrogen and oxygen atoms in total. The number of para-hydroxylation sites is 1. The molecule has 0 unspecified atom stereocenters. The Hall–Kier alpha value is -1.70. The summed E-state index contributed by atoms with van der Waals surface area (Å²) in [5, 5.41) is 12.9.